The lowest BCUT2D eigenvalue weighted by molar-refractivity contribution is 0.583. The van der Waals surface area contributed by atoms with Gasteiger partial charge in [0.1, 0.15) is 5.82 Å². The van der Waals surface area contributed by atoms with Crippen molar-refractivity contribution in [2.24, 2.45) is 5.10 Å². The van der Waals surface area contributed by atoms with Gasteiger partial charge in [0, 0.05) is 22.9 Å². The number of aromatic nitrogens is 1. The number of benzene rings is 2. The summed E-state index contributed by atoms with van der Waals surface area (Å²) in [7, 11) is -3.89. The second-order valence-corrected chi connectivity index (χ2v) is 8.98. The Bertz CT molecular complexity index is 1200. The van der Waals surface area contributed by atoms with E-state index in [1.54, 1.807) is 36.5 Å². The Morgan fingerprint density at radius 1 is 1.00 bits per heavy atom. The van der Waals surface area contributed by atoms with E-state index in [4.69, 9.17) is 0 Å². The van der Waals surface area contributed by atoms with Crippen LogP contribution in [0.1, 0.15) is 37.7 Å². The second-order valence-electron chi connectivity index (χ2n) is 7.35. The Labute approximate surface area is 169 Å². The van der Waals surface area contributed by atoms with Gasteiger partial charge < -0.3 is 0 Å². The van der Waals surface area contributed by atoms with E-state index < -0.39 is 15.8 Å². The smallest absolute Gasteiger partial charge is 0.256 e. The van der Waals surface area contributed by atoms with Crippen molar-refractivity contribution in [2.75, 3.05) is 0 Å². The van der Waals surface area contributed by atoms with Crippen molar-refractivity contribution in [1.29, 1.82) is 0 Å². The summed E-state index contributed by atoms with van der Waals surface area (Å²) in [5, 5.41) is 4.73. The zero-order chi connectivity index (χ0) is 20.4. The molecule has 0 atom stereocenters. The number of sulfonamides is 1. The van der Waals surface area contributed by atoms with Crippen LogP contribution < -0.4 is 4.83 Å². The third-order valence-corrected chi connectivity index (χ3v) is 6.44. The number of hydrogen-bond acceptors (Lipinski definition) is 4. The van der Waals surface area contributed by atoms with Crippen LogP contribution in [0.5, 0.6) is 0 Å². The lowest BCUT2D eigenvalue weighted by Crippen LogP contribution is -2.22. The number of nitrogens with one attached hydrogen (secondary N) is 1. The molecule has 3 aromatic rings. The molecule has 0 unspecified atom stereocenters. The van der Waals surface area contributed by atoms with Crippen LogP contribution in [0.3, 0.4) is 0 Å². The summed E-state index contributed by atoms with van der Waals surface area (Å²) >= 11 is 0. The lowest BCUT2D eigenvalue weighted by Gasteiger charge is -2.15. The van der Waals surface area contributed by atoms with E-state index in [1.807, 2.05) is 6.92 Å². The third kappa shape index (κ3) is 4.15. The van der Waals surface area contributed by atoms with Crippen LogP contribution in [0.25, 0.3) is 22.0 Å². The zero-order valence-electron chi connectivity index (χ0n) is 16.2. The highest BCUT2D eigenvalue weighted by molar-refractivity contribution is 7.89. The third-order valence-electron chi connectivity index (χ3n) is 5.17. The van der Waals surface area contributed by atoms with E-state index in [9.17, 15) is 12.8 Å². The molecule has 0 spiro atoms. The fraction of sp³-hybridized carbons (Fsp3) is 0.273. The maximum absolute atomic E-state index is 13.9. The zero-order valence-corrected chi connectivity index (χ0v) is 17.0. The van der Waals surface area contributed by atoms with E-state index in [0.29, 0.717) is 22.0 Å². The van der Waals surface area contributed by atoms with Gasteiger partial charge in [0.2, 0.25) is 0 Å². The quantitative estimate of drug-likeness (QED) is 0.618. The van der Waals surface area contributed by atoms with Gasteiger partial charge in [-0.25, -0.2) is 9.22 Å². The molecular weight excluding hydrogens is 389 g/mol. The normalized spacial score (nSPS) is 14.8. The predicted molar refractivity (Wildman–Crippen MR) is 113 cm³/mol. The standard InChI is InChI=1S/C22H22FN3O2S/c1-15-7-10-22(29(27,28)26-25-17-5-3-2-4-6-17)20(13-15)18-11-12-24-21-9-8-16(23)14-19(18)21/h7-14,26H,2-6H2,1H3. The number of aryl methyl sites for hydroxylation is 1. The van der Waals surface area contributed by atoms with Gasteiger partial charge in [0.05, 0.1) is 10.4 Å². The van der Waals surface area contributed by atoms with E-state index in [0.717, 1.165) is 43.4 Å². The Kier molecular flexibility index (Phi) is 5.32. The minimum Gasteiger partial charge on any atom is -0.256 e. The predicted octanol–water partition coefficient (Wildman–Crippen LogP) is 4.95. The van der Waals surface area contributed by atoms with Gasteiger partial charge in [0.25, 0.3) is 10.0 Å². The molecule has 5 nitrogen and oxygen atoms in total. The number of hydrazone groups is 1. The van der Waals surface area contributed by atoms with Crippen molar-refractivity contribution in [3.05, 3.63) is 60.0 Å². The minimum absolute atomic E-state index is 0.111. The number of fused-ring (bicyclic) bond motifs is 1. The molecule has 0 amide bonds. The van der Waals surface area contributed by atoms with E-state index >= 15 is 0 Å². The minimum atomic E-state index is -3.89. The summed E-state index contributed by atoms with van der Waals surface area (Å²) in [4.78, 5) is 6.78. The molecular formula is C22H22FN3O2S. The van der Waals surface area contributed by atoms with Crippen molar-refractivity contribution in [3.8, 4) is 11.1 Å². The molecule has 1 aromatic heterocycles. The van der Waals surface area contributed by atoms with Gasteiger partial charge in [0.15, 0.2) is 0 Å². The molecule has 0 radical (unpaired) electrons. The van der Waals surface area contributed by atoms with Crippen LogP contribution in [0.2, 0.25) is 0 Å². The second kappa shape index (κ2) is 7.91. The lowest BCUT2D eigenvalue weighted by atomic mass is 9.99. The molecule has 0 aliphatic heterocycles. The Hall–Kier alpha value is -2.80. The van der Waals surface area contributed by atoms with Crippen LogP contribution in [0.4, 0.5) is 4.39 Å². The van der Waals surface area contributed by atoms with Gasteiger partial charge >= 0.3 is 0 Å². The Morgan fingerprint density at radius 3 is 2.59 bits per heavy atom. The molecule has 29 heavy (non-hydrogen) atoms. The average molecular weight is 412 g/mol. The van der Waals surface area contributed by atoms with Crippen molar-refractivity contribution < 1.29 is 12.8 Å². The summed E-state index contributed by atoms with van der Waals surface area (Å²) in [6, 6.07) is 11.1. The molecule has 7 heteroatoms. The van der Waals surface area contributed by atoms with Crippen LogP contribution in [-0.4, -0.2) is 19.1 Å². The first-order valence-electron chi connectivity index (χ1n) is 9.66. The maximum atomic E-state index is 13.9. The van der Waals surface area contributed by atoms with Crippen molar-refractivity contribution in [3.63, 3.8) is 0 Å². The molecule has 1 fully saturated rings. The molecule has 4 rings (SSSR count). The molecule has 1 N–H and O–H groups in total. The van der Waals surface area contributed by atoms with Gasteiger partial charge in [-0.3, -0.25) is 4.98 Å². The molecule has 0 bridgehead atoms. The summed E-state index contributed by atoms with van der Waals surface area (Å²) in [6.45, 7) is 1.89. The topological polar surface area (TPSA) is 71.4 Å². The number of halogens is 1. The Balaban J connectivity index is 1.82. The van der Waals surface area contributed by atoms with Crippen molar-refractivity contribution >= 4 is 26.6 Å². The largest absolute Gasteiger partial charge is 0.277 e. The Morgan fingerprint density at radius 2 is 1.79 bits per heavy atom. The maximum Gasteiger partial charge on any atom is 0.277 e. The van der Waals surface area contributed by atoms with Crippen molar-refractivity contribution in [1.82, 2.24) is 9.82 Å². The van der Waals surface area contributed by atoms with Crippen LogP contribution >= 0.6 is 0 Å². The van der Waals surface area contributed by atoms with E-state index in [1.165, 1.54) is 12.1 Å². The first-order chi connectivity index (χ1) is 13.9. The van der Waals surface area contributed by atoms with E-state index in [-0.39, 0.29) is 4.90 Å². The number of nitrogens with zero attached hydrogens (tertiary/aromatic N) is 2. The first kappa shape index (κ1) is 19.5. The summed E-state index contributed by atoms with van der Waals surface area (Å²) < 4.78 is 40.0. The highest BCUT2D eigenvalue weighted by atomic mass is 32.2. The molecule has 1 aliphatic rings. The highest BCUT2D eigenvalue weighted by Crippen LogP contribution is 2.33. The molecule has 1 heterocycles. The fourth-order valence-electron chi connectivity index (χ4n) is 3.69. The SMILES string of the molecule is Cc1ccc(S(=O)(=O)NN=C2CCCCC2)c(-c2ccnc3ccc(F)cc23)c1. The summed E-state index contributed by atoms with van der Waals surface area (Å²) in [5.41, 5.74) is 3.50. The fourth-order valence-corrected chi connectivity index (χ4v) is 4.74. The average Bonchev–Trinajstić information content (AvgIpc) is 2.72. The van der Waals surface area contributed by atoms with Gasteiger partial charge in [-0.15, -0.1) is 0 Å². The summed E-state index contributed by atoms with van der Waals surface area (Å²) in [5.74, 6) is -0.398. The van der Waals surface area contributed by atoms with Gasteiger partial charge in [-0.1, -0.05) is 24.1 Å². The van der Waals surface area contributed by atoms with Gasteiger partial charge in [-0.2, -0.15) is 13.5 Å². The monoisotopic (exact) mass is 411 g/mol. The van der Waals surface area contributed by atoms with Crippen molar-refractivity contribution in [2.45, 2.75) is 43.9 Å². The molecule has 2 aromatic carbocycles. The molecule has 0 saturated heterocycles. The molecule has 1 saturated carbocycles. The number of hydrogen-bond donors (Lipinski definition) is 1. The number of pyridine rings is 1. The highest BCUT2D eigenvalue weighted by Gasteiger charge is 2.21. The first-order valence-corrected chi connectivity index (χ1v) is 11.1. The number of rotatable bonds is 4. The summed E-state index contributed by atoms with van der Waals surface area (Å²) in [6.07, 6.45) is 6.45. The van der Waals surface area contributed by atoms with Crippen LogP contribution in [-0.2, 0) is 10.0 Å². The van der Waals surface area contributed by atoms with E-state index in [2.05, 4.69) is 14.9 Å². The molecule has 150 valence electrons. The van der Waals surface area contributed by atoms with Gasteiger partial charge in [-0.05, 0) is 68.5 Å². The van der Waals surface area contributed by atoms with Crippen LogP contribution in [0, 0.1) is 12.7 Å². The van der Waals surface area contributed by atoms with Crippen LogP contribution in [0.15, 0.2) is 58.7 Å². The molecule has 1 aliphatic carbocycles.